The van der Waals surface area contributed by atoms with Crippen molar-refractivity contribution in [2.24, 2.45) is 5.41 Å². The van der Waals surface area contributed by atoms with Gasteiger partial charge < -0.3 is 20.5 Å². The van der Waals surface area contributed by atoms with Crippen LogP contribution in [-0.2, 0) is 6.18 Å². The summed E-state index contributed by atoms with van der Waals surface area (Å²) in [5.74, 6) is 0.393. The van der Waals surface area contributed by atoms with Crippen LogP contribution < -0.4 is 20.5 Å². The summed E-state index contributed by atoms with van der Waals surface area (Å²) in [5.41, 5.74) is 4.87. The van der Waals surface area contributed by atoms with E-state index < -0.39 is 23.6 Å². The van der Waals surface area contributed by atoms with E-state index in [-0.39, 0.29) is 11.3 Å². The fourth-order valence-electron chi connectivity index (χ4n) is 5.40. The second kappa shape index (κ2) is 9.44. The van der Waals surface area contributed by atoms with Crippen LogP contribution in [0.4, 0.5) is 29.1 Å². The zero-order valence-corrected chi connectivity index (χ0v) is 21.7. The molecule has 3 N–H and O–H groups in total. The maximum Gasteiger partial charge on any atom is 0.419 e. The highest BCUT2D eigenvalue weighted by Crippen LogP contribution is 2.54. The molecule has 1 aromatic heterocycles. The number of hydrogen-bond acceptors (Lipinski definition) is 7. The third-order valence-electron chi connectivity index (χ3n) is 7.61. The molecule has 1 spiro atoms. The van der Waals surface area contributed by atoms with Crippen LogP contribution in [0.25, 0.3) is 10.9 Å². The zero-order valence-electron chi connectivity index (χ0n) is 21.7. The SMILES string of the molecule is COc1cc2nc(C)nc(N[C@H](C)c3cc(N)cc(C(F)(F)F)c3F)c2cc1OC[C@@H]1CC2(CC2)CN1C. The molecule has 38 heavy (non-hydrogen) atoms. The number of aryl methyl sites for hydroxylation is 1. The number of halogens is 4. The molecule has 5 rings (SSSR count). The number of benzene rings is 2. The number of nitrogen functional groups attached to an aromatic ring is 1. The van der Waals surface area contributed by atoms with Crippen molar-refractivity contribution < 1.29 is 27.0 Å². The fourth-order valence-corrected chi connectivity index (χ4v) is 5.40. The molecular weight excluding hydrogens is 502 g/mol. The van der Waals surface area contributed by atoms with Crippen LogP contribution in [0.3, 0.4) is 0 Å². The summed E-state index contributed by atoms with van der Waals surface area (Å²) in [6.45, 7) is 4.80. The highest BCUT2D eigenvalue weighted by molar-refractivity contribution is 5.92. The van der Waals surface area contributed by atoms with Crippen LogP contribution in [0.5, 0.6) is 11.5 Å². The van der Waals surface area contributed by atoms with Crippen molar-refractivity contribution in [3.8, 4) is 11.5 Å². The molecule has 2 heterocycles. The standard InChI is InChI=1S/C27H31F4N5O2/c1-14(18-7-16(32)8-20(24(18)28)27(29,30)31)33-25-19-9-23(22(37-4)10-21(19)34-15(2)35-25)38-12-17-11-26(5-6-26)13-36(17)3/h7-10,14,17H,5-6,11-13,32H2,1-4H3,(H,33,34,35)/t14-,17+/m1/s1. The summed E-state index contributed by atoms with van der Waals surface area (Å²) in [6.07, 6.45) is -1.26. The third kappa shape index (κ3) is 5.03. The molecule has 0 radical (unpaired) electrons. The Balaban J connectivity index is 1.46. The van der Waals surface area contributed by atoms with Gasteiger partial charge in [-0.05, 0) is 63.8 Å². The quantitative estimate of drug-likeness (QED) is 0.297. The van der Waals surface area contributed by atoms with Gasteiger partial charge in [-0.25, -0.2) is 14.4 Å². The minimum Gasteiger partial charge on any atom is -0.493 e. The van der Waals surface area contributed by atoms with E-state index in [4.69, 9.17) is 15.2 Å². The van der Waals surface area contributed by atoms with Crippen molar-refractivity contribution in [2.45, 2.75) is 51.4 Å². The van der Waals surface area contributed by atoms with Crippen LogP contribution in [0.15, 0.2) is 24.3 Å². The number of nitrogens with two attached hydrogens (primary N) is 1. The van der Waals surface area contributed by atoms with Crippen LogP contribution in [0.2, 0.25) is 0 Å². The predicted molar refractivity (Wildman–Crippen MR) is 137 cm³/mol. The second-order valence-corrected chi connectivity index (χ2v) is 10.6. The number of methoxy groups -OCH3 is 1. The van der Waals surface area contributed by atoms with E-state index in [0.717, 1.165) is 13.0 Å². The van der Waals surface area contributed by atoms with E-state index in [2.05, 4.69) is 27.2 Å². The monoisotopic (exact) mass is 533 g/mol. The summed E-state index contributed by atoms with van der Waals surface area (Å²) >= 11 is 0. The van der Waals surface area contributed by atoms with Gasteiger partial charge in [-0.3, -0.25) is 4.90 Å². The molecule has 1 saturated heterocycles. The molecule has 2 aliphatic rings. The third-order valence-corrected chi connectivity index (χ3v) is 7.61. The van der Waals surface area contributed by atoms with E-state index in [0.29, 0.717) is 58.2 Å². The molecule has 2 aromatic carbocycles. The Morgan fingerprint density at radius 2 is 1.92 bits per heavy atom. The average Bonchev–Trinajstić information content (AvgIpc) is 3.52. The maximum atomic E-state index is 14.9. The van der Waals surface area contributed by atoms with Gasteiger partial charge in [-0.15, -0.1) is 0 Å². The Bertz CT molecular complexity index is 1380. The largest absolute Gasteiger partial charge is 0.493 e. The number of aromatic nitrogens is 2. The van der Waals surface area contributed by atoms with Crippen molar-refractivity contribution in [1.82, 2.24) is 14.9 Å². The minimum absolute atomic E-state index is 0.184. The molecule has 2 fully saturated rings. The lowest BCUT2D eigenvalue weighted by Crippen LogP contribution is -2.30. The van der Waals surface area contributed by atoms with Crippen molar-refractivity contribution in [1.29, 1.82) is 0 Å². The molecule has 7 nitrogen and oxygen atoms in total. The zero-order chi connectivity index (χ0) is 27.4. The van der Waals surface area contributed by atoms with E-state index in [1.165, 1.54) is 18.9 Å². The lowest BCUT2D eigenvalue weighted by Gasteiger charge is -2.22. The normalized spacial score (nSPS) is 19.6. The van der Waals surface area contributed by atoms with Crippen LogP contribution in [0, 0.1) is 18.2 Å². The van der Waals surface area contributed by atoms with Crippen molar-refractivity contribution >= 4 is 22.4 Å². The Morgan fingerprint density at radius 1 is 1.18 bits per heavy atom. The smallest absolute Gasteiger partial charge is 0.419 e. The summed E-state index contributed by atoms with van der Waals surface area (Å²) in [6, 6.07) is 4.68. The molecule has 3 aromatic rings. The topological polar surface area (TPSA) is 85.5 Å². The van der Waals surface area contributed by atoms with Gasteiger partial charge in [-0.1, -0.05) is 0 Å². The number of likely N-dealkylation sites (tertiary alicyclic amines) is 1. The predicted octanol–water partition coefficient (Wildman–Crippen LogP) is 5.72. The first-order valence-corrected chi connectivity index (χ1v) is 12.5. The van der Waals surface area contributed by atoms with Gasteiger partial charge in [0.2, 0.25) is 0 Å². The van der Waals surface area contributed by atoms with Crippen LogP contribution >= 0.6 is 0 Å². The number of nitrogens with one attached hydrogen (secondary N) is 1. The van der Waals surface area contributed by atoms with Gasteiger partial charge in [0.15, 0.2) is 11.5 Å². The molecule has 0 amide bonds. The average molecular weight is 534 g/mol. The fraction of sp³-hybridized carbons (Fsp3) is 0.481. The number of rotatable bonds is 7. The number of likely N-dealkylation sites (N-methyl/N-ethyl adjacent to an activating group) is 1. The van der Waals surface area contributed by atoms with Gasteiger partial charge in [0.1, 0.15) is 24.1 Å². The second-order valence-electron chi connectivity index (χ2n) is 10.6. The summed E-state index contributed by atoms with van der Waals surface area (Å²) in [7, 11) is 3.66. The van der Waals surface area contributed by atoms with Gasteiger partial charge >= 0.3 is 6.18 Å². The van der Waals surface area contributed by atoms with E-state index in [1.807, 2.05) is 0 Å². The Kier molecular flexibility index (Phi) is 6.53. The highest BCUT2D eigenvalue weighted by Gasteiger charge is 2.50. The Hall–Kier alpha value is -3.34. The molecular formula is C27H31F4N5O2. The Morgan fingerprint density at radius 3 is 2.55 bits per heavy atom. The van der Waals surface area contributed by atoms with Gasteiger partial charge in [0, 0.05) is 35.3 Å². The van der Waals surface area contributed by atoms with E-state index in [9.17, 15) is 17.6 Å². The summed E-state index contributed by atoms with van der Waals surface area (Å²) in [4.78, 5) is 11.3. The Labute approximate surface area is 218 Å². The first-order chi connectivity index (χ1) is 17.9. The molecule has 204 valence electrons. The number of anilines is 2. The lowest BCUT2D eigenvalue weighted by molar-refractivity contribution is -0.140. The van der Waals surface area contributed by atoms with E-state index in [1.54, 1.807) is 33.1 Å². The first kappa shape index (κ1) is 26.3. The number of alkyl halides is 3. The number of ether oxygens (including phenoxy) is 2. The molecule has 0 unspecified atom stereocenters. The molecule has 0 bridgehead atoms. The summed E-state index contributed by atoms with van der Waals surface area (Å²) < 4.78 is 66.8. The van der Waals surface area contributed by atoms with Crippen molar-refractivity contribution in [3.63, 3.8) is 0 Å². The number of nitrogens with zero attached hydrogens (tertiary/aromatic N) is 3. The molecule has 1 aliphatic carbocycles. The van der Waals surface area contributed by atoms with E-state index >= 15 is 0 Å². The van der Waals surface area contributed by atoms with Crippen LogP contribution in [-0.4, -0.2) is 48.2 Å². The summed E-state index contributed by atoms with van der Waals surface area (Å²) in [5, 5.41) is 3.62. The van der Waals surface area contributed by atoms with Crippen molar-refractivity contribution in [2.75, 3.05) is 38.4 Å². The van der Waals surface area contributed by atoms with Gasteiger partial charge in [0.05, 0.1) is 24.2 Å². The molecule has 11 heteroatoms. The minimum atomic E-state index is -4.87. The first-order valence-electron chi connectivity index (χ1n) is 12.5. The highest BCUT2D eigenvalue weighted by atomic mass is 19.4. The molecule has 2 atom stereocenters. The van der Waals surface area contributed by atoms with Crippen LogP contribution in [0.1, 0.15) is 49.2 Å². The van der Waals surface area contributed by atoms with Crippen molar-refractivity contribution in [3.05, 3.63) is 47.0 Å². The van der Waals surface area contributed by atoms with Gasteiger partial charge in [-0.2, -0.15) is 13.2 Å². The number of hydrogen-bond donors (Lipinski definition) is 2. The maximum absolute atomic E-state index is 14.9. The number of fused-ring (bicyclic) bond motifs is 1. The molecule has 1 saturated carbocycles. The lowest BCUT2D eigenvalue weighted by atomic mass is 10.0. The van der Waals surface area contributed by atoms with Gasteiger partial charge in [0.25, 0.3) is 0 Å². The molecule has 1 aliphatic heterocycles.